The Hall–Kier alpha value is -2.80. The molecule has 130 valence electrons. The van der Waals surface area contributed by atoms with E-state index in [2.05, 4.69) is 10.9 Å². The molecule has 0 heterocycles. The molecule has 0 radical (unpaired) electrons. The summed E-state index contributed by atoms with van der Waals surface area (Å²) in [5, 5.41) is -0.427. The average molecular weight is 369 g/mol. The molecule has 4 nitrogen and oxygen atoms in total. The maximum absolute atomic E-state index is 12.8. The number of alkyl halides is 3. The van der Waals surface area contributed by atoms with E-state index in [1.165, 1.54) is 12.1 Å². The number of hydrogen-bond donors (Lipinski definition) is 2. The van der Waals surface area contributed by atoms with Gasteiger partial charge >= 0.3 is 6.18 Å². The SMILES string of the molecule is O=C(/C=C/c1ccc(Cl)c(C(F)(F)F)c1)NNC(=O)c1ccccc1. The molecular weight excluding hydrogens is 357 g/mol. The Balaban J connectivity index is 1.98. The molecule has 0 aromatic heterocycles. The summed E-state index contributed by atoms with van der Waals surface area (Å²) < 4.78 is 38.3. The van der Waals surface area contributed by atoms with Crippen molar-refractivity contribution in [2.75, 3.05) is 0 Å². The smallest absolute Gasteiger partial charge is 0.268 e. The molecule has 2 aromatic rings. The molecule has 0 aliphatic carbocycles. The van der Waals surface area contributed by atoms with Crippen LogP contribution in [-0.4, -0.2) is 11.8 Å². The van der Waals surface area contributed by atoms with Crippen molar-refractivity contribution in [1.29, 1.82) is 0 Å². The van der Waals surface area contributed by atoms with Crippen molar-refractivity contribution in [1.82, 2.24) is 10.9 Å². The highest BCUT2D eigenvalue weighted by molar-refractivity contribution is 6.31. The first-order valence-corrected chi connectivity index (χ1v) is 7.35. The average Bonchev–Trinajstić information content (AvgIpc) is 2.58. The second kappa shape index (κ2) is 7.85. The Morgan fingerprint density at radius 3 is 2.32 bits per heavy atom. The fourth-order valence-corrected chi connectivity index (χ4v) is 2.08. The highest BCUT2D eigenvalue weighted by Gasteiger charge is 2.33. The minimum absolute atomic E-state index is 0.140. The van der Waals surface area contributed by atoms with Gasteiger partial charge in [-0.05, 0) is 35.9 Å². The second-order valence-corrected chi connectivity index (χ2v) is 5.29. The summed E-state index contributed by atoms with van der Waals surface area (Å²) in [6.45, 7) is 0. The van der Waals surface area contributed by atoms with Crippen molar-refractivity contribution in [2.24, 2.45) is 0 Å². The van der Waals surface area contributed by atoms with E-state index in [0.717, 1.165) is 18.2 Å². The molecular formula is C17H12ClF3N2O2. The van der Waals surface area contributed by atoms with E-state index in [0.29, 0.717) is 5.56 Å². The van der Waals surface area contributed by atoms with E-state index in [1.54, 1.807) is 30.3 Å². The summed E-state index contributed by atoms with van der Waals surface area (Å²) in [5.74, 6) is -1.22. The summed E-state index contributed by atoms with van der Waals surface area (Å²) in [4.78, 5) is 23.4. The van der Waals surface area contributed by atoms with Gasteiger partial charge in [-0.3, -0.25) is 20.4 Å². The quantitative estimate of drug-likeness (QED) is 0.639. The van der Waals surface area contributed by atoms with Crippen LogP contribution in [0.15, 0.2) is 54.6 Å². The van der Waals surface area contributed by atoms with Crippen LogP contribution in [-0.2, 0) is 11.0 Å². The minimum Gasteiger partial charge on any atom is -0.268 e. The van der Waals surface area contributed by atoms with E-state index in [4.69, 9.17) is 11.6 Å². The summed E-state index contributed by atoms with van der Waals surface area (Å²) >= 11 is 5.52. The second-order valence-electron chi connectivity index (χ2n) is 4.88. The summed E-state index contributed by atoms with van der Waals surface area (Å²) in [7, 11) is 0. The molecule has 8 heteroatoms. The van der Waals surface area contributed by atoms with Gasteiger partial charge in [0.05, 0.1) is 10.6 Å². The standard InChI is InChI=1S/C17H12ClF3N2O2/c18-14-8-6-11(10-13(14)17(19,20)21)7-9-15(24)22-23-16(25)12-4-2-1-3-5-12/h1-10H,(H,22,24)(H,23,25)/b9-7+. The topological polar surface area (TPSA) is 58.2 Å². The van der Waals surface area contributed by atoms with Crippen molar-refractivity contribution in [3.63, 3.8) is 0 Å². The molecule has 0 aliphatic rings. The molecule has 25 heavy (non-hydrogen) atoms. The van der Waals surface area contributed by atoms with E-state index in [9.17, 15) is 22.8 Å². The lowest BCUT2D eigenvalue weighted by atomic mass is 10.1. The third-order valence-corrected chi connectivity index (χ3v) is 3.39. The Morgan fingerprint density at radius 1 is 1.00 bits per heavy atom. The van der Waals surface area contributed by atoms with Crippen molar-refractivity contribution in [3.8, 4) is 0 Å². The van der Waals surface area contributed by atoms with Gasteiger partial charge in [-0.15, -0.1) is 0 Å². The lowest BCUT2D eigenvalue weighted by molar-refractivity contribution is -0.137. The van der Waals surface area contributed by atoms with Gasteiger partial charge in [-0.25, -0.2) is 0 Å². The van der Waals surface area contributed by atoms with Gasteiger partial charge in [0.2, 0.25) is 0 Å². The van der Waals surface area contributed by atoms with Crippen molar-refractivity contribution in [2.45, 2.75) is 6.18 Å². The maximum atomic E-state index is 12.8. The number of nitrogens with one attached hydrogen (secondary N) is 2. The number of rotatable bonds is 3. The Morgan fingerprint density at radius 2 is 1.68 bits per heavy atom. The zero-order valence-corrected chi connectivity index (χ0v) is 13.4. The Bertz CT molecular complexity index is 805. The zero-order chi connectivity index (χ0) is 18.4. The van der Waals surface area contributed by atoms with Crippen LogP contribution in [0, 0.1) is 0 Å². The van der Waals surface area contributed by atoms with Crippen LogP contribution in [0.1, 0.15) is 21.5 Å². The molecule has 0 saturated heterocycles. The van der Waals surface area contributed by atoms with Crippen LogP contribution >= 0.6 is 11.6 Å². The van der Waals surface area contributed by atoms with Crippen LogP contribution in [0.5, 0.6) is 0 Å². The summed E-state index contributed by atoms with van der Waals surface area (Å²) in [6.07, 6.45) is -2.42. The van der Waals surface area contributed by atoms with Crippen LogP contribution in [0.4, 0.5) is 13.2 Å². The summed E-state index contributed by atoms with van der Waals surface area (Å²) in [5.41, 5.74) is 3.82. The van der Waals surface area contributed by atoms with Gasteiger partial charge in [-0.1, -0.05) is 35.9 Å². The molecule has 0 atom stereocenters. The minimum atomic E-state index is -4.59. The third-order valence-electron chi connectivity index (χ3n) is 3.06. The number of carbonyl (C=O) groups excluding carboxylic acids is 2. The first-order chi connectivity index (χ1) is 11.8. The fraction of sp³-hybridized carbons (Fsp3) is 0.0588. The predicted octanol–water partition coefficient (Wildman–Crippen LogP) is 3.83. The molecule has 0 bridgehead atoms. The molecule has 0 fully saturated rings. The Labute approximate surface area is 146 Å². The number of hydrazine groups is 1. The molecule has 2 rings (SSSR count). The normalized spacial score (nSPS) is 11.4. The van der Waals surface area contributed by atoms with E-state index < -0.39 is 28.6 Å². The van der Waals surface area contributed by atoms with Crippen LogP contribution in [0.25, 0.3) is 6.08 Å². The van der Waals surface area contributed by atoms with Crippen LogP contribution in [0.3, 0.4) is 0 Å². The third kappa shape index (κ3) is 5.36. The molecule has 0 unspecified atom stereocenters. The number of halogens is 4. The van der Waals surface area contributed by atoms with Gasteiger partial charge in [-0.2, -0.15) is 13.2 Å². The van der Waals surface area contributed by atoms with Gasteiger partial charge < -0.3 is 0 Å². The number of carbonyl (C=O) groups is 2. The number of amides is 2. The Kier molecular flexibility index (Phi) is 5.82. The molecule has 0 aliphatic heterocycles. The van der Waals surface area contributed by atoms with Gasteiger partial charge in [0.1, 0.15) is 0 Å². The molecule has 2 aromatic carbocycles. The molecule has 2 N–H and O–H groups in total. The highest BCUT2D eigenvalue weighted by Crippen LogP contribution is 2.35. The molecule has 0 saturated carbocycles. The lowest BCUT2D eigenvalue weighted by Crippen LogP contribution is -2.40. The van der Waals surface area contributed by atoms with Crippen molar-refractivity contribution < 1.29 is 22.8 Å². The monoisotopic (exact) mass is 368 g/mol. The highest BCUT2D eigenvalue weighted by atomic mass is 35.5. The van der Waals surface area contributed by atoms with E-state index in [1.807, 2.05) is 0 Å². The van der Waals surface area contributed by atoms with Gasteiger partial charge in [0, 0.05) is 11.6 Å². The predicted molar refractivity (Wildman–Crippen MR) is 87.5 cm³/mol. The van der Waals surface area contributed by atoms with Crippen LogP contribution < -0.4 is 10.9 Å². The number of benzene rings is 2. The summed E-state index contributed by atoms with van der Waals surface area (Å²) in [6, 6.07) is 11.4. The maximum Gasteiger partial charge on any atom is 0.417 e. The fourth-order valence-electron chi connectivity index (χ4n) is 1.86. The molecule has 2 amide bonds. The zero-order valence-electron chi connectivity index (χ0n) is 12.6. The van der Waals surface area contributed by atoms with Gasteiger partial charge in [0.25, 0.3) is 11.8 Å². The number of hydrogen-bond acceptors (Lipinski definition) is 2. The largest absolute Gasteiger partial charge is 0.417 e. The van der Waals surface area contributed by atoms with E-state index in [-0.39, 0.29) is 5.56 Å². The first-order valence-electron chi connectivity index (χ1n) is 6.97. The van der Waals surface area contributed by atoms with Gasteiger partial charge in [0.15, 0.2) is 0 Å². The first kappa shape index (κ1) is 18.5. The van der Waals surface area contributed by atoms with Crippen molar-refractivity contribution >= 4 is 29.5 Å². The van der Waals surface area contributed by atoms with E-state index >= 15 is 0 Å². The van der Waals surface area contributed by atoms with Crippen LogP contribution in [0.2, 0.25) is 5.02 Å². The molecule has 0 spiro atoms. The van der Waals surface area contributed by atoms with Crippen molar-refractivity contribution in [3.05, 3.63) is 76.3 Å². The lowest BCUT2D eigenvalue weighted by Gasteiger charge is -2.09.